The second-order valence-electron chi connectivity index (χ2n) is 5.28. The standard InChI is InChI=1S/C12H21N5O.CH2O2/c1-12(2,16-7-3-4-8-16)11(18)13-5-9-17-10-6-14-15-17;2-1-3/h6,10H,3-5,7-9H2,1-2H3,(H,13,18);1H,(H,2,3). The van der Waals surface area contributed by atoms with Crippen molar-refractivity contribution < 1.29 is 14.7 Å². The van der Waals surface area contributed by atoms with Gasteiger partial charge in [-0.2, -0.15) is 0 Å². The Morgan fingerprint density at radius 3 is 2.57 bits per heavy atom. The van der Waals surface area contributed by atoms with Gasteiger partial charge in [-0.15, -0.1) is 5.10 Å². The van der Waals surface area contributed by atoms with Gasteiger partial charge in [0.2, 0.25) is 5.91 Å². The van der Waals surface area contributed by atoms with E-state index in [1.165, 1.54) is 12.8 Å². The monoisotopic (exact) mass is 297 g/mol. The number of carboxylic acid groups (broad SMARTS) is 1. The average molecular weight is 297 g/mol. The van der Waals surface area contributed by atoms with Crippen LogP contribution in [0, 0.1) is 0 Å². The maximum atomic E-state index is 12.2. The number of rotatable bonds is 5. The molecular weight excluding hydrogens is 274 g/mol. The van der Waals surface area contributed by atoms with Crippen molar-refractivity contribution in [2.45, 2.75) is 38.8 Å². The summed E-state index contributed by atoms with van der Waals surface area (Å²) in [5.41, 5.74) is -0.418. The highest BCUT2D eigenvalue weighted by molar-refractivity contribution is 5.85. The Kier molecular flexibility index (Phi) is 6.80. The molecule has 0 aliphatic carbocycles. The van der Waals surface area contributed by atoms with E-state index in [-0.39, 0.29) is 12.4 Å². The molecule has 1 aliphatic heterocycles. The highest BCUT2D eigenvalue weighted by atomic mass is 16.3. The Bertz CT molecular complexity index is 427. The number of carbonyl (C=O) groups excluding carboxylic acids is 1. The molecule has 0 spiro atoms. The Hall–Kier alpha value is -1.96. The normalized spacial score (nSPS) is 15.1. The molecule has 0 bridgehead atoms. The molecule has 2 heterocycles. The number of carbonyl (C=O) groups is 2. The van der Waals surface area contributed by atoms with Crippen LogP contribution in [0.5, 0.6) is 0 Å². The smallest absolute Gasteiger partial charge is 0.290 e. The van der Waals surface area contributed by atoms with E-state index in [9.17, 15) is 4.79 Å². The fourth-order valence-electron chi connectivity index (χ4n) is 2.27. The molecule has 0 atom stereocenters. The summed E-state index contributed by atoms with van der Waals surface area (Å²) in [6.07, 6.45) is 5.80. The van der Waals surface area contributed by atoms with Crippen molar-refractivity contribution in [2.24, 2.45) is 0 Å². The molecule has 1 aromatic rings. The molecule has 1 amide bonds. The van der Waals surface area contributed by atoms with Gasteiger partial charge in [0.1, 0.15) is 0 Å². The maximum absolute atomic E-state index is 12.2. The van der Waals surface area contributed by atoms with Gasteiger partial charge in [0.25, 0.3) is 6.47 Å². The summed E-state index contributed by atoms with van der Waals surface area (Å²) < 4.78 is 1.71. The molecule has 1 aromatic heterocycles. The third kappa shape index (κ3) is 5.14. The Labute approximate surface area is 124 Å². The first-order chi connectivity index (χ1) is 10.0. The number of nitrogens with zero attached hydrogens (tertiary/aromatic N) is 4. The van der Waals surface area contributed by atoms with Gasteiger partial charge in [-0.05, 0) is 39.8 Å². The zero-order chi connectivity index (χ0) is 15.7. The Balaban J connectivity index is 0.000000677. The minimum Gasteiger partial charge on any atom is -0.483 e. The van der Waals surface area contributed by atoms with Gasteiger partial charge in [0, 0.05) is 12.7 Å². The summed E-state index contributed by atoms with van der Waals surface area (Å²) in [7, 11) is 0. The number of hydrogen-bond donors (Lipinski definition) is 2. The van der Waals surface area contributed by atoms with Crippen molar-refractivity contribution in [3.8, 4) is 0 Å². The summed E-state index contributed by atoms with van der Waals surface area (Å²) in [4.78, 5) is 22.8. The lowest BCUT2D eigenvalue weighted by molar-refractivity contribution is -0.131. The van der Waals surface area contributed by atoms with Crippen LogP contribution >= 0.6 is 0 Å². The van der Waals surface area contributed by atoms with Gasteiger partial charge in [-0.1, -0.05) is 5.21 Å². The van der Waals surface area contributed by atoms with Crippen LogP contribution in [0.25, 0.3) is 0 Å². The van der Waals surface area contributed by atoms with Gasteiger partial charge < -0.3 is 10.4 Å². The van der Waals surface area contributed by atoms with Gasteiger partial charge >= 0.3 is 0 Å². The van der Waals surface area contributed by atoms with E-state index < -0.39 is 5.54 Å². The fraction of sp³-hybridized carbons (Fsp3) is 0.692. The van der Waals surface area contributed by atoms with E-state index in [1.807, 2.05) is 13.8 Å². The topological polar surface area (TPSA) is 100 Å². The van der Waals surface area contributed by atoms with E-state index in [0.29, 0.717) is 13.1 Å². The predicted molar refractivity (Wildman–Crippen MR) is 76.6 cm³/mol. The van der Waals surface area contributed by atoms with Crippen molar-refractivity contribution in [3.63, 3.8) is 0 Å². The van der Waals surface area contributed by atoms with Crippen molar-refractivity contribution in [2.75, 3.05) is 19.6 Å². The van der Waals surface area contributed by atoms with Gasteiger partial charge in [-0.25, -0.2) is 0 Å². The molecule has 0 aromatic carbocycles. The van der Waals surface area contributed by atoms with E-state index in [0.717, 1.165) is 13.1 Å². The van der Waals surface area contributed by atoms with Crippen molar-refractivity contribution >= 4 is 12.4 Å². The van der Waals surface area contributed by atoms with Crippen LogP contribution < -0.4 is 5.32 Å². The largest absolute Gasteiger partial charge is 0.483 e. The van der Waals surface area contributed by atoms with Gasteiger partial charge in [0.05, 0.1) is 18.3 Å². The molecule has 2 rings (SSSR count). The van der Waals surface area contributed by atoms with Crippen LogP contribution in [-0.4, -0.2) is 62.6 Å². The van der Waals surface area contributed by atoms with Crippen LogP contribution in [0.1, 0.15) is 26.7 Å². The van der Waals surface area contributed by atoms with Crippen LogP contribution in [0.4, 0.5) is 0 Å². The molecule has 0 unspecified atom stereocenters. The zero-order valence-electron chi connectivity index (χ0n) is 12.5. The first-order valence-corrected chi connectivity index (χ1v) is 6.97. The molecule has 1 saturated heterocycles. The SMILES string of the molecule is CC(C)(C(=O)NCCn1ccnn1)N1CCCC1.O=CO. The first kappa shape index (κ1) is 17.1. The Morgan fingerprint density at radius 1 is 1.43 bits per heavy atom. The zero-order valence-corrected chi connectivity index (χ0v) is 12.5. The summed E-state index contributed by atoms with van der Waals surface area (Å²) in [5.74, 6) is 0.0875. The summed E-state index contributed by atoms with van der Waals surface area (Å²) in [6, 6.07) is 0. The third-order valence-corrected chi connectivity index (χ3v) is 3.55. The van der Waals surface area contributed by atoms with E-state index >= 15 is 0 Å². The highest BCUT2D eigenvalue weighted by Gasteiger charge is 2.35. The van der Waals surface area contributed by atoms with Crippen molar-refractivity contribution in [3.05, 3.63) is 12.4 Å². The minimum atomic E-state index is -0.418. The first-order valence-electron chi connectivity index (χ1n) is 6.97. The quantitative estimate of drug-likeness (QED) is 0.740. The number of aromatic nitrogens is 3. The van der Waals surface area contributed by atoms with Gasteiger partial charge in [0.15, 0.2) is 0 Å². The molecule has 2 N–H and O–H groups in total. The molecule has 8 nitrogen and oxygen atoms in total. The molecule has 0 radical (unpaired) electrons. The van der Waals surface area contributed by atoms with Crippen LogP contribution in [-0.2, 0) is 16.1 Å². The number of likely N-dealkylation sites (tertiary alicyclic amines) is 1. The maximum Gasteiger partial charge on any atom is 0.290 e. The van der Waals surface area contributed by atoms with Crippen molar-refractivity contribution in [1.82, 2.24) is 25.2 Å². The van der Waals surface area contributed by atoms with Gasteiger partial charge in [-0.3, -0.25) is 19.2 Å². The van der Waals surface area contributed by atoms with E-state index in [1.54, 1.807) is 17.1 Å². The van der Waals surface area contributed by atoms with E-state index in [2.05, 4.69) is 20.5 Å². The molecule has 0 saturated carbocycles. The summed E-state index contributed by atoms with van der Waals surface area (Å²) in [5, 5.41) is 17.4. The molecule has 1 aliphatic rings. The summed E-state index contributed by atoms with van der Waals surface area (Å²) in [6.45, 7) is 7.00. The predicted octanol–water partition coefficient (Wildman–Crippen LogP) is -0.0305. The lowest BCUT2D eigenvalue weighted by atomic mass is 10.0. The Morgan fingerprint density at radius 2 is 2.05 bits per heavy atom. The lowest BCUT2D eigenvalue weighted by Gasteiger charge is -2.33. The lowest BCUT2D eigenvalue weighted by Crippen LogP contribution is -2.54. The molecule has 118 valence electrons. The molecular formula is C13H23N5O3. The van der Waals surface area contributed by atoms with Crippen LogP contribution in [0.2, 0.25) is 0 Å². The van der Waals surface area contributed by atoms with Crippen LogP contribution in [0.3, 0.4) is 0 Å². The number of hydrogen-bond acceptors (Lipinski definition) is 5. The number of amides is 1. The second-order valence-corrected chi connectivity index (χ2v) is 5.28. The van der Waals surface area contributed by atoms with E-state index in [4.69, 9.17) is 9.90 Å². The fourth-order valence-corrected chi connectivity index (χ4v) is 2.27. The minimum absolute atomic E-state index is 0.0875. The molecule has 1 fully saturated rings. The third-order valence-electron chi connectivity index (χ3n) is 3.55. The average Bonchev–Trinajstić information content (AvgIpc) is 3.13. The second kappa shape index (κ2) is 8.35. The van der Waals surface area contributed by atoms with Crippen molar-refractivity contribution in [1.29, 1.82) is 0 Å². The molecule has 21 heavy (non-hydrogen) atoms. The highest BCUT2D eigenvalue weighted by Crippen LogP contribution is 2.20. The van der Waals surface area contributed by atoms with Crippen LogP contribution in [0.15, 0.2) is 12.4 Å². The molecule has 8 heteroatoms. The summed E-state index contributed by atoms with van der Waals surface area (Å²) >= 11 is 0. The number of nitrogens with one attached hydrogen (secondary N) is 1.